The summed E-state index contributed by atoms with van der Waals surface area (Å²) < 4.78 is 112. The summed E-state index contributed by atoms with van der Waals surface area (Å²) in [4.78, 5) is 25.4. The second-order valence-electron chi connectivity index (χ2n) is 15.1. The van der Waals surface area contributed by atoms with Crippen LogP contribution in [0, 0.1) is 6.92 Å². The second kappa shape index (κ2) is 19.1. The fourth-order valence-electron chi connectivity index (χ4n) is 6.87. The first-order valence-electron chi connectivity index (χ1n) is 20.4. The first-order chi connectivity index (χ1) is 32.5. The van der Waals surface area contributed by atoms with Gasteiger partial charge >= 0.3 is 0 Å². The van der Waals surface area contributed by atoms with Gasteiger partial charge in [-0.15, -0.1) is 0 Å². The normalized spacial score (nSPS) is 11.6. The molecule has 0 radical (unpaired) electrons. The SMILES string of the molecule is COc1ccc(C(=O)c2ccc(Oc3cccc(Oc4ccc(C(=O)c5ccc(Oc6ccc(S(=O)(=O)c7ccc(C)cc7)cc6)cc5)cc4)c3S(=O)(=O)c3cccc(S(=O)(=O)O)c3)cc2)cc1. The third kappa shape index (κ3) is 10.2. The van der Waals surface area contributed by atoms with Crippen molar-refractivity contribution in [2.45, 2.75) is 31.4 Å². The zero-order chi connectivity index (χ0) is 48.2. The molecule has 0 aliphatic heterocycles. The molecule has 0 spiro atoms. The number of rotatable bonds is 16. The van der Waals surface area contributed by atoms with Crippen molar-refractivity contribution < 1.29 is 58.3 Å². The number of hydrogen-bond acceptors (Lipinski definition) is 12. The van der Waals surface area contributed by atoms with Gasteiger partial charge in [-0.25, -0.2) is 16.8 Å². The molecule has 0 aliphatic carbocycles. The van der Waals surface area contributed by atoms with Gasteiger partial charge in [-0.05, 0) is 171 Å². The largest absolute Gasteiger partial charge is 0.497 e. The molecular weight excluding hydrogens is 929 g/mol. The van der Waals surface area contributed by atoms with Gasteiger partial charge in [0.05, 0.1) is 26.7 Å². The average molecular weight is 967 g/mol. The lowest BCUT2D eigenvalue weighted by molar-refractivity contribution is 0.103. The summed E-state index contributed by atoms with van der Waals surface area (Å²) in [6, 6.07) is 45.8. The monoisotopic (exact) mass is 966 g/mol. The van der Waals surface area contributed by atoms with Gasteiger partial charge in [0.15, 0.2) is 16.5 Å². The molecule has 8 aromatic rings. The van der Waals surface area contributed by atoms with Gasteiger partial charge in [-0.1, -0.05) is 29.8 Å². The maximum atomic E-state index is 14.4. The lowest BCUT2D eigenvalue weighted by atomic mass is 10.0. The zero-order valence-corrected chi connectivity index (χ0v) is 38.4. The number of sulfone groups is 2. The van der Waals surface area contributed by atoms with Gasteiger partial charge in [0.1, 0.15) is 40.2 Å². The van der Waals surface area contributed by atoms with Crippen molar-refractivity contribution in [2.75, 3.05) is 7.11 Å². The molecule has 0 amide bonds. The molecule has 0 heterocycles. The Hall–Kier alpha value is -7.89. The highest BCUT2D eigenvalue weighted by Crippen LogP contribution is 2.42. The van der Waals surface area contributed by atoms with Gasteiger partial charge in [-0.2, -0.15) is 8.42 Å². The van der Waals surface area contributed by atoms with Gasteiger partial charge in [0.2, 0.25) is 19.7 Å². The number of ketones is 2. The molecule has 0 fully saturated rings. The minimum Gasteiger partial charge on any atom is -0.497 e. The van der Waals surface area contributed by atoms with E-state index in [1.165, 1.54) is 86.0 Å². The molecular formula is C52H38O13S3. The average Bonchev–Trinajstić information content (AvgIpc) is 3.34. The first kappa shape index (κ1) is 46.6. The summed E-state index contributed by atoms with van der Waals surface area (Å²) >= 11 is 0. The molecule has 0 unspecified atom stereocenters. The Kier molecular flexibility index (Phi) is 13.1. The van der Waals surface area contributed by atoms with Crippen LogP contribution in [0.25, 0.3) is 0 Å². The van der Waals surface area contributed by atoms with E-state index < -0.39 is 44.5 Å². The van der Waals surface area contributed by atoms with Crippen LogP contribution in [0.2, 0.25) is 0 Å². The van der Waals surface area contributed by atoms with Crippen molar-refractivity contribution >= 4 is 41.4 Å². The molecule has 0 aliphatic rings. The van der Waals surface area contributed by atoms with Crippen molar-refractivity contribution in [2.24, 2.45) is 0 Å². The van der Waals surface area contributed by atoms with E-state index in [9.17, 15) is 39.4 Å². The maximum absolute atomic E-state index is 14.4. The number of ether oxygens (including phenoxy) is 4. The molecule has 8 aromatic carbocycles. The Balaban J connectivity index is 1.01. The van der Waals surface area contributed by atoms with Crippen LogP contribution in [0.1, 0.15) is 37.4 Å². The van der Waals surface area contributed by atoms with Crippen LogP contribution in [-0.2, 0) is 29.8 Å². The molecule has 68 heavy (non-hydrogen) atoms. The van der Waals surface area contributed by atoms with Crippen LogP contribution in [0.5, 0.6) is 40.2 Å². The highest BCUT2D eigenvalue weighted by atomic mass is 32.2. The predicted molar refractivity (Wildman–Crippen MR) is 251 cm³/mol. The van der Waals surface area contributed by atoms with Crippen molar-refractivity contribution in [3.8, 4) is 40.2 Å². The zero-order valence-electron chi connectivity index (χ0n) is 36.0. The van der Waals surface area contributed by atoms with E-state index in [0.29, 0.717) is 33.9 Å². The fourth-order valence-corrected chi connectivity index (χ4v) is 10.3. The molecule has 1 N–H and O–H groups in total. The predicted octanol–water partition coefficient (Wildman–Crippen LogP) is 10.8. The summed E-state index contributed by atoms with van der Waals surface area (Å²) in [5.41, 5.74) is 2.29. The van der Waals surface area contributed by atoms with E-state index in [0.717, 1.165) is 29.8 Å². The standard InChI is InChI=1S/C52H38O13S3/c1-34-9-29-44(30-10-34)66(55,56)45-31-27-41(28-32-45)63-40-21-13-36(14-22-40)51(54)38-17-25-43(26-18-38)65-49-8-4-7-48(52(49)67(57,58)46-5-3-6-47(33-46)68(59,60)61)64-42-23-15-37(16-24-42)50(53)35-11-19-39(62-2)20-12-35/h3-33H,1-2H3,(H,59,60,61). The lowest BCUT2D eigenvalue weighted by Crippen LogP contribution is -2.08. The number of methoxy groups -OCH3 is 1. The summed E-state index contributed by atoms with van der Waals surface area (Å²) in [6.07, 6.45) is 0. The molecule has 0 saturated carbocycles. The molecule has 13 nitrogen and oxygen atoms in total. The van der Waals surface area contributed by atoms with E-state index >= 15 is 0 Å². The van der Waals surface area contributed by atoms with Crippen molar-refractivity contribution in [1.29, 1.82) is 0 Å². The van der Waals surface area contributed by atoms with Gasteiger partial charge in [0.25, 0.3) is 10.1 Å². The molecule has 8 rings (SSSR count). The Morgan fingerprint density at radius 3 is 1.16 bits per heavy atom. The quantitative estimate of drug-likeness (QED) is 0.0711. The van der Waals surface area contributed by atoms with E-state index in [2.05, 4.69) is 0 Å². The highest BCUT2D eigenvalue weighted by Gasteiger charge is 2.30. The molecule has 342 valence electrons. The van der Waals surface area contributed by atoms with Gasteiger partial charge < -0.3 is 18.9 Å². The summed E-state index contributed by atoms with van der Waals surface area (Å²) in [5, 5.41) is 0. The second-order valence-corrected chi connectivity index (χ2v) is 20.3. The molecule has 16 heteroatoms. The van der Waals surface area contributed by atoms with E-state index in [1.807, 2.05) is 6.92 Å². The Bertz CT molecular complexity index is 3500. The smallest absolute Gasteiger partial charge is 0.294 e. The number of aryl methyl sites for hydroxylation is 1. The number of carbonyl (C=O) groups excluding carboxylic acids is 2. The molecule has 0 saturated heterocycles. The van der Waals surface area contributed by atoms with Crippen LogP contribution in [-0.4, -0.2) is 48.5 Å². The summed E-state index contributed by atoms with van der Waals surface area (Å²) in [7, 11) is -11.7. The van der Waals surface area contributed by atoms with Gasteiger partial charge in [-0.3, -0.25) is 14.1 Å². The van der Waals surface area contributed by atoms with Crippen LogP contribution in [0.4, 0.5) is 0 Å². The Morgan fingerprint density at radius 2 is 0.750 bits per heavy atom. The highest BCUT2D eigenvalue weighted by molar-refractivity contribution is 7.92. The van der Waals surface area contributed by atoms with E-state index in [-0.39, 0.29) is 49.9 Å². The van der Waals surface area contributed by atoms with Gasteiger partial charge in [0, 0.05) is 22.3 Å². The van der Waals surface area contributed by atoms with Crippen molar-refractivity contribution in [1.82, 2.24) is 0 Å². The molecule has 0 aromatic heterocycles. The van der Waals surface area contributed by atoms with Crippen LogP contribution >= 0.6 is 0 Å². The Labute approximate surface area is 392 Å². The summed E-state index contributed by atoms with van der Waals surface area (Å²) in [6.45, 7) is 1.87. The van der Waals surface area contributed by atoms with Crippen LogP contribution < -0.4 is 18.9 Å². The molecule has 0 atom stereocenters. The van der Waals surface area contributed by atoms with E-state index in [1.54, 1.807) is 84.9 Å². The maximum Gasteiger partial charge on any atom is 0.294 e. The third-order valence-corrected chi connectivity index (χ3v) is 14.9. The first-order valence-corrected chi connectivity index (χ1v) is 24.8. The number of benzene rings is 8. The van der Waals surface area contributed by atoms with E-state index in [4.69, 9.17) is 18.9 Å². The minimum atomic E-state index is -4.79. The minimum absolute atomic E-state index is 0.114. The summed E-state index contributed by atoms with van der Waals surface area (Å²) in [5.74, 6) is 0.604. The lowest BCUT2D eigenvalue weighted by Gasteiger charge is -2.17. The van der Waals surface area contributed by atoms with Crippen molar-refractivity contribution in [3.63, 3.8) is 0 Å². The number of hydrogen-bond donors (Lipinski definition) is 1. The fraction of sp³-hybridized carbons (Fsp3) is 0.0385. The van der Waals surface area contributed by atoms with Crippen molar-refractivity contribution in [3.05, 3.63) is 216 Å². The molecule has 0 bridgehead atoms. The van der Waals surface area contributed by atoms with Crippen LogP contribution in [0.3, 0.4) is 0 Å². The van der Waals surface area contributed by atoms with Crippen LogP contribution in [0.15, 0.2) is 213 Å². The topological polar surface area (TPSA) is 194 Å². The number of carbonyl (C=O) groups is 2. The third-order valence-electron chi connectivity index (χ3n) is 10.5. The Morgan fingerprint density at radius 1 is 0.397 bits per heavy atom.